The van der Waals surface area contributed by atoms with Crippen molar-refractivity contribution in [3.8, 4) is 10.7 Å². The molecule has 28 heavy (non-hydrogen) atoms. The van der Waals surface area contributed by atoms with Gasteiger partial charge in [0.15, 0.2) is 5.82 Å². The van der Waals surface area contributed by atoms with Crippen molar-refractivity contribution in [1.29, 1.82) is 0 Å². The monoisotopic (exact) mass is 394 g/mol. The molecule has 1 amide bonds. The number of nitrogens with zero attached hydrogens (tertiary/aromatic N) is 5. The second-order valence-corrected chi connectivity index (χ2v) is 7.41. The zero-order valence-corrected chi connectivity index (χ0v) is 16.4. The lowest BCUT2D eigenvalue weighted by Gasteiger charge is -2.11. The van der Waals surface area contributed by atoms with Gasteiger partial charge in [-0.05, 0) is 50.0 Å². The minimum absolute atomic E-state index is 0.0172. The third kappa shape index (κ3) is 3.31. The topological polar surface area (TPSA) is 94.2 Å². The van der Waals surface area contributed by atoms with E-state index in [1.54, 1.807) is 17.7 Å². The minimum Gasteiger partial charge on any atom is -0.325 e. The van der Waals surface area contributed by atoms with Gasteiger partial charge in [-0.25, -0.2) is 4.37 Å². The Kier molecular flexibility index (Phi) is 4.52. The Labute approximate surface area is 164 Å². The van der Waals surface area contributed by atoms with E-state index in [-0.39, 0.29) is 18.0 Å². The summed E-state index contributed by atoms with van der Waals surface area (Å²) in [5, 5.41) is 7.19. The van der Waals surface area contributed by atoms with Gasteiger partial charge in [0.2, 0.25) is 11.7 Å². The number of carbonyl (C=O) groups is 1. The first-order valence-electron chi connectivity index (χ1n) is 8.68. The molecule has 3 heterocycles. The minimum atomic E-state index is -0.288. The number of hydrogen-bond donors (Lipinski definition) is 1. The van der Waals surface area contributed by atoms with E-state index in [0.717, 1.165) is 16.0 Å². The smallest absolute Gasteiger partial charge is 0.275 e. The summed E-state index contributed by atoms with van der Waals surface area (Å²) in [4.78, 5) is 30.2. The summed E-state index contributed by atoms with van der Waals surface area (Å²) in [6, 6.07) is 9.01. The Morgan fingerprint density at radius 1 is 1.18 bits per heavy atom. The van der Waals surface area contributed by atoms with Gasteiger partial charge in [0, 0.05) is 23.6 Å². The normalized spacial score (nSPS) is 11.1. The summed E-state index contributed by atoms with van der Waals surface area (Å²) in [7, 11) is 0. The highest BCUT2D eigenvalue weighted by Crippen LogP contribution is 2.24. The number of benzene rings is 1. The van der Waals surface area contributed by atoms with E-state index in [1.807, 2.05) is 38.1 Å². The molecule has 0 saturated carbocycles. The Morgan fingerprint density at radius 3 is 2.61 bits per heavy atom. The van der Waals surface area contributed by atoms with Crippen LogP contribution in [0, 0.1) is 20.8 Å². The average Bonchev–Trinajstić information content (AvgIpc) is 3.27. The third-order valence-corrected chi connectivity index (χ3v) is 5.28. The number of anilines is 1. The summed E-state index contributed by atoms with van der Waals surface area (Å²) in [6.07, 6.45) is 1.73. The highest BCUT2D eigenvalue weighted by Gasteiger charge is 2.17. The van der Waals surface area contributed by atoms with Crippen molar-refractivity contribution in [2.24, 2.45) is 0 Å². The van der Waals surface area contributed by atoms with Crippen LogP contribution < -0.4 is 10.9 Å². The Balaban J connectivity index is 1.71. The van der Waals surface area contributed by atoms with Crippen LogP contribution >= 0.6 is 11.5 Å². The lowest BCUT2D eigenvalue weighted by Crippen LogP contribution is -2.25. The van der Waals surface area contributed by atoms with Gasteiger partial charge in [0.1, 0.15) is 6.54 Å². The van der Waals surface area contributed by atoms with Crippen LogP contribution in [0.3, 0.4) is 0 Å². The van der Waals surface area contributed by atoms with E-state index in [1.165, 1.54) is 22.1 Å². The second kappa shape index (κ2) is 7.01. The van der Waals surface area contributed by atoms with Crippen molar-refractivity contribution in [2.45, 2.75) is 27.3 Å². The lowest BCUT2D eigenvalue weighted by atomic mass is 10.2. The van der Waals surface area contributed by atoms with Gasteiger partial charge in [0.05, 0.1) is 4.88 Å². The van der Waals surface area contributed by atoms with Crippen molar-refractivity contribution in [3.05, 3.63) is 63.7 Å². The molecule has 4 aromatic rings. The van der Waals surface area contributed by atoms with E-state index < -0.39 is 0 Å². The molecule has 0 atom stereocenters. The first kappa shape index (κ1) is 18.1. The number of aromatic nitrogens is 5. The van der Waals surface area contributed by atoms with Gasteiger partial charge >= 0.3 is 0 Å². The largest absolute Gasteiger partial charge is 0.325 e. The second-order valence-electron chi connectivity index (χ2n) is 6.61. The molecule has 0 aliphatic carbocycles. The summed E-state index contributed by atoms with van der Waals surface area (Å²) >= 11 is 1.27. The molecule has 0 bridgehead atoms. The fourth-order valence-corrected chi connectivity index (χ4v) is 3.56. The first-order valence-corrected chi connectivity index (χ1v) is 9.45. The zero-order chi connectivity index (χ0) is 19.8. The van der Waals surface area contributed by atoms with Crippen LogP contribution in [-0.2, 0) is 11.3 Å². The number of rotatable bonds is 4. The standard InChI is InChI=1S/C19H18N6O2S/c1-11-4-6-14(7-5-11)21-15(26)10-24-13(3)8-16(27)25-19(24)22-18(23-25)17-12(2)9-20-28-17/h4-9H,10H2,1-3H3,(H,21,26). The van der Waals surface area contributed by atoms with Crippen LogP contribution in [0.1, 0.15) is 16.8 Å². The van der Waals surface area contributed by atoms with Crippen molar-refractivity contribution in [2.75, 3.05) is 5.32 Å². The quantitative estimate of drug-likeness (QED) is 0.574. The number of amides is 1. The maximum Gasteiger partial charge on any atom is 0.275 e. The Hall–Kier alpha value is -3.33. The zero-order valence-electron chi connectivity index (χ0n) is 15.6. The number of hydrogen-bond acceptors (Lipinski definition) is 6. The molecule has 4 rings (SSSR count). The number of fused-ring (bicyclic) bond motifs is 1. The fourth-order valence-electron chi connectivity index (χ4n) is 2.88. The SMILES string of the molecule is Cc1ccc(NC(=O)Cn2c(C)cc(=O)n3nc(-c4sncc4C)nc23)cc1. The summed E-state index contributed by atoms with van der Waals surface area (Å²) in [5.74, 6) is 0.540. The molecule has 0 saturated heterocycles. The molecule has 1 N–H and O–H groups in total. The molecule has 0 aliphatic heterocycles. The van der Waals surface area contributed by atoms with E-state index in [4.69, 9.17) is 0 Å². The molecule has 8 nitrogen and oxygen atoms in total. The molecular weight excluding hydrogens is 376 g/mol. The molecule has 0 unspecified atom stereocenters. The predicted octanol–water partition coefficient (Wildman–Crippen LogP) is 2.58. The average molecular weight is 394 g/mol. The van der Waals surface area contributed by atoms with E-state index >= 15 is 0 Å². The van der Waals surface area contributed by atoms with Gasteiger partial charge in [-0.2, -0.15) is 9.50 Å². The molecule has 0 aliphatic rings. The molecule has 3 aromatic heterocycles. The molecule has 0 radical (unpaired) electrons. The molecule has 9 heteroatoms. The van der Waals surface area contributed by atoms with Crippen molar-refractivity contribution >= 4 is 28.9 Å². The van der Waals surface area contributed by atoms with Crippen LogP contribution in [0.2, 0.25) is 0 Å². The highest BCUT2D eigenvalue weighted by atomic mass is 32.1. The van der Waals surface area contributed by atoms with E-state index in [2.05, 4.69) is 19.8 Å². The summed E-state index contributed by atoms with van der Waals surface area (Å²) in [6.45, 7) is 5.69. The van der Waals surface area contributed by atoms with Gasteiger partial charge in [-0.15, -0.1) is 5.10 Å². The molecular formula is C19H18N6O2S. The van der Waals surface area contributed by atoms with Gasteiger partial charge in [0.25, 0.3) is 5.56 Å². The number of nitrogens with one attached hydrogen (secondary N) is 1. The third-order valence-electron chi connectivity index (χ3n) is 4.39. The highest BCUT2D eigenvalue weighted by molar-refractivity contribution is 7.09. The fraction of sp³-hybridized carbons (Fsp3) is 0.211. The van der Waals surface area contributed by atoms with E-state index in [9.17, 15) is 9.59 Å². The van der Waals surface area contributed by atoms with Gasteiger partial charge < -0.3 is 9.88 Å². The van der Waals surface area contributed by atoms with Gasteiger partial charge in [-0.3, -0.25) is 9.59 Å². The van der Waals surface area contributed by atoms with Crippen molar-refractivity contribution in [1.82, 2.24) is 23.5 Å². The van der Waals surface area contributed by atoms with Crippen LogP contribution in [0.15, 0.2) is 41.3 Å². The van der Waals surface area contributed by atoms with Crippen LogP contribution in [0.4, 0.5) is 5.69 Å². The van der Waals surface area contributed by atoms with Crippen molar-refractivity contribution < 1.29 is 4.79 Å². The Morgan fingerprint density at radius 2 is 1.93 bits per heavy atom. The molecule has 142 valence electrons. The van der Waals surface area contributed by atoms with Crippen LogP contribution in [0.25, 0.3) is 16.5 Å². The molecule has 0 fully saturated rings. The number of carbonyl (C=O) groups excluding carboxylic acids is 1. The number of aryl methyl sites for hydroxylation is 3. The Bertz CT molecular complexity index is 1240. The maximum atomic E-state index is 12.6. The van der Waals surface area contributed by atoms with E-state index in [0.29, 0.717) is 23.0 Å². The lowest BCUT2D eigenvalue weighted by molar-refractivity contribution is -0.116. The van der Waals surface area contributed by atoms with Crippen LogP contribution in [-0.4, -0.2) is 29.4 Å². The molecule has 1 aromatic carbocycles. The predicted molar refractivity (Wildman–Crippen MR) is 108 cm³/mol. The van der Waals surface area contributed by atoms with Crippen molar-refractivity contribution in [3.63, 3.8) is 0 Å². The maximum absolute atomic E-state index is 12.6. The van der Waals surface area contributed by atoms with Gasteiger partial charge in [-0.1, -0.05) is 17.7 Å². The summed E-state index contributed by atoms with van der Waals surface area (Å²) < 4.78 is 7.04. The summed E-state index contributed by atoms with van der Waals surface area (Å²) in [5.41, 5.74) is 3.12. The molecule has 0 spiro atoms. The first-order chi connectivity index (χ1) is 13.4. The van der Waals surface area contributed by atoms with Crippen LogP contribution in [0.5, 0.6) is 0 Å².